The number of hydrogen-bond acceptors (Lipinski definition) is 4. The maximum Gasteiger partial charge on any atom is 0.411 e. The first-order valence-electron chi connectivity index (χ1n) is 6.29. The highest BCUT2D eigenvalue weighted by Gasteiger charge is 2.59. The van der Waals surface area contributed by atoms with E-state index in [1.807, 2.05) is 0 Å². The molecule has 4 unspecified atom stereocenters. The van der Waals surface area contributed by atoms with Crippen molar-refractivity contribution in [3.63, 3.8) is 0 Å². The molecule has 0 aromatic rings. The van der Waals surface area contributed by atoms with Crippen molar-refractivity contribution < 1.29 is 29.3 Å². The van der Waals surface area contributed by atoms with E-state index in [9.17, 15) is 24.6 Å². The predicted molar refractivity (Wildman–Crippen MR) is 67.0 cm³/mol. The van der Waals surface area contributed by atoms with Gasteiger partial charge in [0.25, 0.3) is 0 Å². The Hall–Kier alpha value is -2.05. The smallest absolute Gasteiger partial charge is 0.411 e. The van der Waals surface area contributed by atoms with Crippen molar-refractivity contribution in [2.24, 2.45) is 11.8 Å². The second-order valence-electron chi connectivity index (χ2n) is 5.98. The van der Waals surface area contributed by atoms with Gasteiger partial charge in [-0.2, -0.15) is 0 Å². The molecule has 7 heteroatoms. The van der Waals surface area contributed by atoms with E-state index in [0.717, 1.165) is 0 Å². The molecule has 2 aliphatic heterocycles. The van der Waals surface area contributed by atoms with Gasteiger partial charge in [0.1, 0.15) is 5.60 Å². The molecule has 1 amide bonds. The van der Waals surface area contributed by atoms with Crippen LogP contribution in [0.3, 0.4) is 0 Å². The Kier molecular flexibility index (Phi) is 3.23. The summed E-state index contributed by atoms with van der Waals surface area (Å²) in [6, 6.07) is -1.54. The van der Waals surface area contributed by atoms with Crippen molar-refractivity contribution in [1.82, 2.24) is 4.90 Å². The number of fused-ring (bicyclic) bond motifs is 2. The molecular formula is C13H17NO6. The molecule has 4 atom stereocenters. The van der Waals surface area contributed by atoms with Crippen LogP contribution in [0.2, 0.25) is 0 Å². The van der Waals surface area contributed by atoms with Crippen molar-refractivity contribution in [1.29, 1.82) is 0 Å². The van der Waals surface area contributed by atoms with Gasteiger partial charge in [-0.3, -0.25) is 14.5 Å². The Balaban J connectivity index is 2.29. The number of carbonyl (C=O) groups is 3. The second kappa shape index (κ2) is 4.50. The van der Waals surface area contributed by atoms with Crippen LogP contribution in [0.1, 0.15) is 20.8 Å². The number of amides is 1. The minimum Gasteiger partial charge on any atom is -0.481 e. The lowest BCUT2D eigenvalue weighted by atomic mass is 9.83. The van der Waals surface area contributed by atoms with Gasteiger partial charge >= 0.3 is 18.0 Å². The van der Waals surface area contributed by atoms with Crippen LogP contribution in [0.4, 0.5) is 4.79 Å². The van der Waals surface area contributed by atoms with Gasteiger partial charge in [0, 0.05) is 0 Å². The van der Waals surface area contributed by atoms with Gasteiger partial charge in [0.2, 0.25) is 0 Å². The van der Waals surface area contributed by atoms with Crippen molar-refractivity contribution in [2.75, 3.05) is 0 Å². The summed E-state index contributed by atoms with van der Waals surface area (Å²) >= 11 is 0. The second-order valence-corrected chi connectivity index (χ2v) is 5.98. The lowest BCUT2D eigenvalue weighted by Gasteiger charge is -2.27. The average molecular weight is 283 g/mol. The van der Waals surface area contributed by atoms with Gasteiger partial charge in [-0.15, -0.1) is 0 Å². The number of aliphatic carboxylic acids is 2. The van der Waals surface area contributed by atoms with Crippen molar-refractivity contribution in [3.05, 3.63) is 12.2 Å². The highest BCUT2D eigenvalue weighted by atomic mass is 16.6. The molecule has 2 N–H and O–H groups in total. The third kappa shape index (κ3) is 2.23. The number of carboxylic acids is 2. The predicted octanol–water partition coefficient (Wildman–Crippen LogP) is 0.946. The topological polar surface area (TPSA) is 104 Å². The Morgan fingerprint density at radius 3 is 1.70 bits per heavy atom. The van der Waals surface area contributed by atoms with Crippen molar-refractivity contribution >= 4 is 18.0 Å². The van der Waals surface area contributed by atoms with Crippen LogP contribution in [0.5, 0.6) is 0 Å². The summed E-state index contributed by atoms with van der Waals surface area (Å²) in [5.41, 5.74) is -0.726. The highest BCUT2D eigenvalue weighted by Crippen LogP contribution is 2.42. The van der Waals surface area contributed by atoms with E-state index in [1.54, 1.807) is 32.9 Å². The quantitative estimate of drug-likeness (QED) is 0.731. The molecule has 110 valence electrons. The molecule has 1 fully saturated rings. The molecule has 0 spiro atoms. The SMILES string of the molecule is CC(C)(C)OC(=O)N1C2C=CC1C(C(=O)O)C2C(=O)O. The van der Waals surface area contributed by atoms with E-state index >= 15 is 0 Å². The molecule has 0 aliphatic carbocycles. The third-order valence-electron chi connectivity index (χ3n) is 3.45. The van der Waals surface area contributed by atoms with Gasteiger partial charge < -0.3 is 14.9 Å². The molecule has 0 aromatic carbocycles. The summed E-state index contributed by atoms with van der Waals surface area (Å²) in [5, 5.41) is 18.4. The Labute approximate surface area is 115 Å². The van der Waals surface area contributed by atoms with E-state index in [1.165, 1.54) is 4.90 Å². The fraction of sp³-hybridized carbons (Fsp3) is 0.615. The van der Waals surface area contributed by atoms with Crippen LogP contribution >= 0.6 is 0 Å². The molecule has 2 heterocycles. The maximum absolute atomic E-state index is 12.1. The number of rotatable bonds is 2. The lowest BCUT2D eigenvalue weighted by Crippen LogP contribution is -2.42. The maximum atomic E-state index is 12.1. The zero-order chi connectivity index (χ0) is 15.2. The molecule has 2 aliphatic rings. The number of carbonyl (C=O) groups excluding carboxylic acids is 1. The monoisotopic (exact) mass is 283 g/mol. The molecule has 20 heavy (non-hydrogen) atoms. The Morgan fingerprint density at radius 1 is 1.00 bits per heavy atom. The van der Waals surface area contributed by atoms with Crippen molar-refractivity contribution in [2.45, 2.75) is 38.5 Å². The Morgan fingerprint density at radius 2 is 1.40 bits per heavy atom. The zero-order valence-corrected chi connectivity index (χ0v) is 11.4. The number of ether oxygens (including phenoxy) is 1. The summed E-state index contributed by atoms with van der Waals surface area (Å²) in [7, 11) is 0. The molecule has 0 saturated carbocycles. The van der Waals surface area contributed by atoms with E-state index < -0.39 is 47.6 Å². The van der Waals surface area contributed by atoms with Crippen LogP contribution in [0.25, 0.3) is 0 Å². The van der Waals surface area contributed by atoms with Crippen LogP contribution in [-0.2, 0) is 14.3 Å². The molecule has 0 aromatic heterocycles. The number of hydrogen-bond donors (Lipinski definition) is 2. The molecule has 2 rings (SSSR count). The molecule has 0 radical (unpaired) electrons. The average Bonchev–Trinajstić information content (AvgIpc) is 2.80. The van der Waals surface area contributed by atoms with Crippen molar-refractivity contribution in [3.8, 4) is 0 Å². The lowest BCUT2D eigenvalue weighted by molar-refractivity contribution is -0.152. The minimum atomic E-state index is -1.22. The van der Waals surface area contributed by atoms with Gasteiger partial charge in [-0.25, -0.2) is 4.79 Å². The first-order chi connectivity index (χ1) is 9.13. The van der Waals surface area contributed by atoms with Crippen LogP contribution in [0.15, 0.2) is 12.2 Å². The van der Waals surface area contributed by atoms with Crippen LogP contribution < -0.4 is 0 Å². The Bertz CT molecular complexity index is 462. The number of nitrogens with zero attached hydrogens (tertiary/aromatic N) is 1. The summed E-state index contributed by atoms with van der Waals surface area (Å²) in [5.74, 6) is -4.73. The summed E-state index contributed by atoms with van der Waals surface area (Å²) in [6.07, 6.45) is 2.44. The number of carboxylic acid groups (broad SMARTS) is 2. The molecule has 2 bridgehead atoms. The van der Waals surface area contributed by atoms with Gasteiger partial charge in [-0.1, -0.05) is 12.2 Å². The zero-order valence-electron chi connectivity index (χ0n) is 11.4. The first-order valence-corrected chi connectivity index (χ1v) is 6.29. The van der Waals surface area contributed by atoms with E-state index in [0.29, 0.717) is 0 Å². The summed E-state index contributed by atoms with van der Waals surface area (Å²) in [6.45, 7) is 5.08. The van der Waals surface area contributed by atoms with Gasteiger partial charge in [0.05, 0.1) is 23.9 Å². The highest BCUT2D eigenvalue weighted by molar-refractivity contribution is 5.86. The molecular weight excluding hydrogens is 266 g/mol. The van der Waals surface area contributed by atoms with Gasteiger partial charge in [-0.05, 0) is 20.8 Å². The molecule has 1 saturated heterocycles. The third-order valence-corrected chi connectivity index (χ3v) is 3.45. The summed E-state index contributed by atoms with van der Waals surface area (Å²) < 4.78 is 5.22. The normalized spacial score (nSPS) is 31.4. The standard InChI is InChI=1S/C13H17NO6/c1-13(2,3)20-12(19)14-6-4-5-7(14)9(11(17)18)8(6)10(15)16/h4-9H,1-3H3,(H,15,16)(H,17,18). The first kappa shape index (κ1) is 14.4. The van der Waals surface area contributed by atoms with Crippen LogP contribution in [-0.4, -0.2) is 50.8 Å². The van der Waals surface area contributed by atoms with Crippen LogP contribution in [0, 0.1) is 11.8 Å². The van der Waals surface area contributed by atoms with E-state index in [-0.39, 0.29) is 0 Å². The largest absolute Gasteiger partial charge is 0.481 e. The fourth-order valence-corrected chi connectivity index (χ4v) is 2.78. The van der Waals surface area contributed by atoms with E-state index in [4.69, 9.17) is 4.74 Å². The fourth-order valence-electron chi connectivity index (χ4n) is 2.78. The summed E-state index contributed by atoms with van der Waals surface area (Å²) in [4.78, 5) is 35.9. The van der Waals surface area contributed by atoms with Gasteiger partial charge in [0.15, 0.2) is 0 Å². The van der Waals surface area contributed by atoms with E-state index in [2.05, 4.69) is 0 Å². The molecule has 7 nitrogen and oxygen atoms in total. The minimum absolute atomic E-state index is 0.687.